The molecule has 0 N–H and O–H groups in total. The zero-order valence-corrected chi connectivity index (χ0v) is 15.3. The van der Waals surface area contributed by atoms with Gasteiger partial charge in [0.25, 0.3) is 0 Å². The molecule has 21 heavy (non-hydrogen) atoms. The zero-order chi connectivity index (χ0) is 11.8. The van der Waals surface area contributed by atoms with Crippen LogP contribution in [0.25, 0.3) is 11.1 Å². The standard InChI is InChI=1S/C12H10.C5H5.CH3.ClH.Ni.H3P/c1-3-7-11(8-4-1)12-9-5-2-6-10-12;1-2-4-5-3-1;;;;/h1-10H;1-5H;1H3;1H;;1H3/q;2*-1;;+2;. The average molecular weight is 363 g/mol. The van der Waals surface area contributed by atoms with Crippen molar-refractivity contribution in [2.24, 2.45) is 0 Å². The van der Waals surface area contributed by atoms with Gasteiger partial charge in [0.05, 0.1) is 0 Å². The van der Waals surface area contributed by atoms with Crippen molar-refractivity contribution in [1.82, 2.24) is 0 Å². The summed E-state index contributed by atoms with van der Waals surface area (Å²) in [5, 5.41) is 0. The second kappa shape index (κ2) is 15.4. The first-order valence-electron chi connectivity index (χ1n) is 5.74. The summed E-state index contributed by atoms with van der Waals surface area (Å²) in [6.45, 7) is 0. The average Bonchev–Trinajstić information content (AvgIpc) is 3.00. The second-order valence-electron chi connectivity index (χ2n) is 3.69. The first kappa shape index (κ1) is 25.0. The van der Waals surface area contributed by atoms with Gasteiger partial charge < -0.3 is 7.43 Å². The quantitative estimate of drug-likeness (QED) is 0.296. The topological polar surface area (TPSA) is 0 Å². The van der Waals surface area contributed by atoms with E-state index in [9.17, 15) is 0 Å². The van der Waals surface area contributed by atoms with Gasteiger partial charge in [0.15, 0.2) is 0 Å². The van der Waals surface area contributed by atoms with E-state index < -0.39 is 0 Å². The summed E-state index contributed by atoms with van der Waals surface area (Å²) in [6.07, 6.45) is 0. The summed E-state index contributed by atoms with van der Waals surface area (Å²) in [7, 11) is 0. The molecule has 1 unspecified atom stereocenters. The van der Waals surface area contributed by atoms with Crippen molar-refractivity contribution in [2.75, 3.05) is 0 Å². The minimum atomic E-state index is 0. The van der Waals surface area contributed by atoms with Crippen LogP contribution >= 0.6 is 22.3 Å². The Labute approximate surface area is 148 Å². The van der Waals surface area contributed by atoms with Gasteiger partial charge in [-0.15, -0.1) is 12.4 Å². The van der Waals surface area contributed by atoms with E-state index in [2.05, 4.69) is 48.5 Å². The zero-order valence-electron chi connectivity index (χ0n) is 12.1. The molecule has 3 rings (SSSR count). The first-order chi connectivity index (χ1) is 8.47. The summed E-state index contributed by atoms with van der Waals surface area (Å²) >= 11 is 0. The van der Waals surface area contributed by atoms with E-state index in [0.717, 1.165) is 0 Å². The van der Waals surface area contributed by atoms with Crippen LogP contribution in [0.15, 0.2) is 91.0 Å². The fourth-order valence-corrected chi connectivity index (χ4v) is 1.58. The second-order valence-corrected chi connectivity index (χ2v) is 3.69. The largest absolute Gasteiger partial charge is 2.00 e. The van der Waals surface area contributed by atoms with Gasteiger partial charge >= 0.3 is 16.5 Å². The van der Waals surface area contributed by atoms with Crippen molar-refractivity contribution >= 4 is 22.3 Å². The van der Waals surface area contributed by atoms with E-state index in [-0.39, 0.29) is 46.2 Å². The Balaban J connectivity index is -0.000000316. The monoisotopic (exact) mass is 362 g/mol. The van der Waals surface area contributed by atoms with Crippen LogP contribution in [0.3, 0.4) is 0 Å². The van der Waals surface area contributed by atoms with Gasteiger partial charge in [-0.3, -0.25) is 0 Å². The van der Waals surface area contributed by atoms with Crippen molar-refractivity contribution in [3.05, 3.63) is 98.4 Å². The number of hydrogen-bond donors (Lipinski definition) is 0. The summed E-state index contributed by atoms with van der Waals surface area (Å²) in [6, 6.07) is 30.8. The molecule has 0 aliphatic rings. The molecule has 0 aromatic heterocycles. The summed E-state index contributed by atoms with van der Waals surface area (Å²) in [5.41, 5.74) is 2.55. The predicted molar refractivity (Wildman–Crippen MR) is 98.7 cm³/mol. The molecule has 3 heteroatoms. The normalized spacial score (nSPS) is 7.43. The fraction of sp³-hybridized carbons (Fsp3) is 0. The van der Waals surface area contributed by atoms with Gasteiger partial charge in [0.2, 0.25) is 0 Å². The van der Waals surface area contributed by atoms with Crippen molar-refractivity contribution in [2.45, 2.75) is 0 Å². The molecule has 0 saturated carbocycles. The first-order valence-corrected chi connectivity index (χ1v) is 5.74. The van der Waals surface area contributed by atoms with Crippen LogP contribution in [0.2, 0.25) is 0 Å². The number of halogens is 1. The Morgan fingerprint density at radius 3 is 1.14 bits per heavy atom. The molecule has 0 saturated heterocycles. The third-order valence-corrected chi connectivity index (χ3v) is 2.44. The number of rotatable bonds is 1. The van der Waals surface area contributed by atoms with E-state index in [1.165, 1.54) is 11.1 Å². The summed E-state index contributed by atoms with van der Waals surface area (Å²) in [5.74, 6) is 0. The van der Waals surface area contributed by atoms with E-state index in [4.69, 9.17) is 0 Å². The van der Waals surface area contributed by atoms with E-state index >= 15 is 0 Å². The molecule has 0 amide bonds. The van der Waals surface area contributed by atoms with Crippen molar-refractivity contribution in [1.29, 1.82) is 0 Å². The van der Waals surface area contributed by atoms with Crippen LogP contribution < -0.4 is 0 Å². The molecule has 0 spiro atoms. The van der Waals surface area contributed by atoms with Crippen LogP contribution in [0.1, 0.15) is 0 Å². The van der Waals surface area contributed by atoms with Gasteiger partial charge in [0.1, 0.15) is 0 Å². The van der Waals surface area contributed by atoms with Gasteiger partial charge in [-0.1, -0.05) is 60.7 Å². The van der Waals surface area contributed by atoms with Gasteiger partial charge in [-0.25, -0.2) is 12.1 Å². The van der Waals surface area contributed by atoms with E-state index in [1.54, 1.807) is 0 Å². The third-order valence-electron chi connectivity index (χ3n) is 2.44. The smallest absolute Gasteiger partial charge is 0.358 e. The van der Waals surface area contributed by atoms with Crippen molar-refractivity contribution in [3.63, 3.8) is 0 Å². The van der Waals surface area contributed by atoms with E-state index in [0.29, 0.717) is 0 Å². The molecular weight excluding hydrogens is 341 g/mol. The van der Waals surface area contributed by atoms with E-state index in [1.807, 2.05) is 42.5 Å². The molecule has 0 aliphatic heterocycles. The van der Waals surface area contributed by atoms with Crippen molar-refractivity contribution in [3.8, 4) is 11.1 Å². The molecule has 116 valence electrons. The summed E-state index contributed by atoms with van der Waals surface area (Å²) < 4.78 is 0. The molecule has 0 aliphatic carbocycles. The van der Waals surface area contributed by atoms with Gasteiger partial charge in [-0.2, -0.15) is 28.1 Å². The van der Waals surface area contributed by atoms with Crippen LogP contribution in [-0.4, -0.2) is 0 Å². The Morgan fingerprint density at radius 2 is 0.905 bits per heavy atom. The minimum absolute atomic E-state index is 0. The Morgan fingerprint density at radius 1 is 0.571 bits per heavy atom. The molecule has 0 heterocycles. The van der Waals surface area contributed by atoms with Crippen molar-refractivity contribution < 1.29 is 16.5 Å². The molecule has 0 radical (unpaired) electrons. The van der Waals surface area contributed by atoms with Gasteiger partial charge in [-0.05, 0) is 11.1 Å². The number of hydrogen-bond acceptors (Lipinski definition) is 0. The van der Waals surface area contributed by atoms with Crippen LogP contribution in [0.5, 0.6) is 0 Å². The molecule has 0 fully saturated rings. The molecule has 3 aromatic rings. The Hall–Kier alpha value is -0.996. The molecule has 0 nitrogen and oxygen atoms in total. The Bertz CT molecular complexity index is 455. The maximum absolute atomic E-state index is 2.12. The number of benzene rings is 2. The van der Waals surface area contributed by atoms with Crippen LogP contribution in [-0.2, 0) is 16.5 Å². The minimum Gasteiger partial charge on any atom is -0.358 e. The molecule has 1 atom stereocenters. The maximum atomic E-state index is 2.12. The van der Waals surface area contributed by atoms with Crippen LogP contribution in [0.4, 0.5) is 0 Å². The van der Waals surface area contributed by atoms with Gasteiger partial charge in [0, 0.05) is 0 Å². The molecule has 3 aromatic carbocycles. The third kappa shape index (κ3) is 9.54. The fourth-order valence-electron chi connectivity index (χ4n) is 1.58. The predicted octanol–water partition coefficient (Wildman–Crippen LogP) is 5.69. The summed E-state index contributed by atoms with van der Waals surface area (Å²) in [4.78, 5) is 0. The van der Waals surface area contributed by atoms with Crippen LogP contribution in [0, 0.1) is 7.43 Å². The Kier molecular flexibility index (Phi) is 18.3. The maximum Gasteiger partial charge on any atom is 2.00 e. The molecular formula is C18H22ClNiP. The SMILES string of the molecule is Cl.P.[CH3-].[Ni+2].c1cc[cH-]c1.c1ccc(-c2ccccc2)cc1. The molecule has 0 bridgehead atoms.